The normalized spacial score (nSPS) is 17.4. The van der Waals surface area contributed by atoms with Crippen LogP contribution in [0.4, 0.5) is 0 Å². The highest BCUT2D eigenvalue weighted by Gasteiger charge is 2.08. The molecule has 0 bridgehead atoms. The summed E-state index contributed by atoms with van der Waals surface area (Å²) < 4.78 is 0. The summed E-state index contributed by atoms with van der Waals surface area (Å²) in [6, 6.07) is 0. The summed E-state index contributed by atoms with van der Waals surface area (Å²) in [5.74, 6) is 5.33. The van der Waals surface area contributed by atoms with Crippen molar-refractivity contribution in [1.29, 1.82) is 0 Å². The van der Waals surface area contributed by atoms with Gasteiger partial charge in [-0.05, 0) is 0 Å². The summed E-state index contributed by atoms with van der Waals surface area (Å²) in [5.41, 5.74) is 0. The number of carbonyl (C=O) groups excluding carboxylic acids is 3. The maximum atomic E-state index is 10.6. The quantitative estimate of drug-likeness (QED) is 0.637. The lowest BCUT2D eigenvalue weighted by Gasteiger charge is -2.28. The van der Waals surface area contributed by atoms with Gasteiger partial charge in [-0.1, -0.05) is 0 Å². The highest BCUT2D eigenvalue weighted by atomic mass is 16.1. The summed E-state index contributed by atoms with van der Waals surface area (Å²) in [6.45, 7) is 5.20. The average Bonchev–Trinajstić information content (AvgIpc) is 2.47. The molecular weight excluding hydrogens is 272 g/mol. The van der Waals surface area contributed by atoms with Gasteiger partial charge in [0.15, 0.2) is 0 Å². The highest BCUT2D eigenvalue weighted by Crippen LogP contribution is 1.97. The Balaban J connectivity index is 2.70. The van der Waals surface area contributed by atoms with Crippen molar-refractivity contribution in [3.05, 3.63) is 18.6 Å². The van der Waals surface area contributed by atoms with Crippen LogP contribution in [0.2, 0.25) is 0 Å². The van der Waals surface area contributed by atoms with Crippen molar-refractivity contribution in [3.8, 4) is 0 Å². The van der Waals surface area contributed by atoms with Gasteiger partial charge in [-0.15, -0.1) is 0 Å². The fourth-order valence-electron chi connectivity index (χ4n) is 2.03. The van der Waals surface area contributed by atoms with Crippen molar-refractivity contribution in [1.82, 2.24) is 20.0 Å². The van der Waals surface area contributed by atoms with E-state index in [0.29, 0.717) is 39.3 Å². The van der Waals surface area contributed by atoms with E-state index < -0.39 is 0 Å². The first-order valence-electron chi connectivity index (χ1n) is 6.86. The molecule has 0 aliphatic carbocycles. The van der Waals surface area contributed by atoms with Crippen LogP contribution in [0.3, 0.4) is 0 Å². The molecule has 1 rings (SSSR count). The number of rotatable bonds is 3. The molecule has 1 aliphatic heterocycles. The van der Waals surface area contributed by atoms with Gasteiger partial charge in [0.05, 0.1) is 18.6 Å². The topological polar surface area (TPSA) is 73.0 Å². The number of hydrogen-bond donors (Lipinski definition) is 1. The molecule has 1 N–H and O–H groups in total. The number of hydrogen-bond acceptors (Lipinski definition) is 7. The largest absolute Gasteiger partial charge is 0.365 e. The Hall–Kier alpha value is -2.29. The van der Waals surface area contributed by atoms with Gasteiger partial charge in [0.2, 0.25) is 0 Å². The van der Waals surface area contributed by atoms with Crippen LogP contribution in [0.5, 0.6) is 0 Å². The Labute approximate surface area is 124 Å². The monoisotopic (exact) mass is 292 g/mol. The smallest absolute Gasteiger partial charge is 0.142 e. The predicted octanol–water partition coefficient (Wildman–Crippen LogP) is -1.47. The molecule has 0 unspecified atom stereocenters. The van der Waals surface area contributed by atoms with Gasteiger partial charge in [0, 0.05) is 52.4 Å². The predicted molar refractivity (Wildman–Crippen MR) is 78.4 cm³/mol. The minimum atomic E-state index is 0.589. The van der Waals surface area contributed by atoms with Crippen molar-refractivity contribution in [2.45, 2.75) is 0 Å². The Bertz CT molecular complexity index is 417. The number of nitrogens with zero attached hydrogens (tertiary/aromatic N) is 3. The summed E-state index contributed by atoms with van der Waals surface area (Å²) >= 11 is 0. The molecule has 7 heteroatoms. The van der Waals surface area contributed by atoms with E-state index in [2.05, 4.69) is 5.32 Å². The van der Waals surface area contributed by atoms with Gasteiger partial charge in [-0.3, -0.25) is 0 Å². The van der Waals surface area contributed by atoms with Crippen molar-refractivity contribution in [3.63, 3.8) is 0 Å². The molecule has 114 valence electrons. The first-order chi connectivity index (χ1) is 10.3. The molecule has 0 spiro atoms. The van der Waals surface area contributed by atoms with Crippen molar-refractivity contribution >= 4 is 17.8 Å². The maximum Gasteiger partial charge on any atom is 0.142 e. The second-order valence-corrected chi connectivity index (χ2v) is 4.60. The van der Waals surface area contributed by atoms with E-state index in [0.717, 1.165) is 13.1 Å². The van der Waals surface area contributed by atoms with E-state index in [1.165, 1.54) is 18.6 Å². The zero-order valence-electron chi connectivity index (χ0n) is 12.0. The molecule has 0 amide bonds. The summed E-state index contributed by atoms with van der Waals surface area (Å²) in [5, 5.41) is 3.25. The molecule has 7 nitrogen and oxygen atoms in total. The summed E-state index contributed by atoms with van der Waals surface area (Å²) in [6.07, 6.45) is 4.13. The number of nitrogens with one attached hydrogen (secondary N) is 1. The molecule has 0 aromatic rings. The minimum absolute atomic E-state index is 0.589. The first kappa shape index (κ1) is 16.8. The Morgan fingerprint density at radius 3 is 1.29 bits per heavy atom. The fourth-order valence-corrected chi connectivity index (χ4v) is 2.03. The van der Waals surface area contributed by atoms with Crippen LogP contribution in [0.1, 0.15) is 0 Å². The molecule has 1 fully saturated rings. The van der Waals surface area contributed by atoms with E-state index in [-0.39, 0.29) is 0 Å². The molecule has 1 aliphatic rings. The van der Waals surface area contributed by atoms with Gasteiger partial charge < -0.3 is 20.0 Å². The summed E-state index contributed by atoms with van der Waals surface area (Å²) in [7, 11) is 0. The Morgan fingerprint density at radius 1 is 0.619 bits per heavy atom. The molecule has 0 saturated carbocycles. The van der Waals surface area contributed by atoms with Crippen LogP contribution < -0.4 is 5.32 Å². The van der Waals surface area contributed by atoms with Gasteiger partial charge in [0.25, 0.3) is 0 Å². The van der Waals surface area contributed by atoms with E-state index in [1.54, 1.807) is 17.8 Å². The molecule has 0 atom stereocenters. The lowest BCUT2D eigenvalue weighted by molar-refractivity contribution is 0.256. The molecule has 21 heavy (non-hydrogen) atoms. The van der Waals surface area contributed by atoms with Crippen LogP contribution in [-0.4, -0.2) is 84.9 Å². The second-order valence-electron chi connectivity index (χ2n) is 4.60. The zero-order valence-corrected chi connectivity index (χ0v) is 12.0. The van der Waals surface area contributed by atoms with Gasteiger partial charge in [0.1, 0.15) is 17.8 Å². The van der Waals surface area contributed by atoms with Crippen LogP contribution in [-0.2, 0) is 14.4 Å². The van der Waals surface area contributed by atoms with Crippen molar-refractivity contribution < 1.29 is 14.4 Å². The SMILES string of the molecule is O=C=CN1CCNCCN(C=C=O)CCN(C=C=O)CC1. The Morgan fingerprint density at radius 2 is 0.952 bits per heavy atom. The second kappa shape index (κ2) is 10.5. The molecule has 1 saturated heterocycles. The van der Waals surface area contributed by atoms with Crippen LogP contribution in [0.25, 0.3) is 0 Å². The third-order valence-electron chi connectivity index (χ3n) is 3.21. The average molecular weight is 292 g/mol. The third kappa shape index (κ3) is 7.16. The molecular formula is C14H20N4O3. The van der Waals surface area contributed by atoms with E-state index >= 15 is 0 Å². The van der Waals surface area contributed by atoms with E-state index in [9.17, 15) is 14.4 Å². The van der Waals surface area contributed by atoms with Crippen LogP contribution in [0.15, 0.2) is 18.6 Å². The van der Waals surface area contributed by atoms with Crippen LogP contribution in [0, 0.1) is 0 Å². The fraction of sp³-hybridized carbons (Fsp3) is 0.571. The molecule has 0 aromatic heterocycles. The summed E-state index contributed by atoms with van der Waals surface area (Å²) in [4.78, 5) is 37.1. The first-order valence-corrected chi connectivity index (χ1v) is 6.86. The van der Waals surface area contributed by atoms with Gasteiger partial charge in [-0.25, -0.2) is 14.4 Å². The van der Waals surface area contributed by atoms with Gasteiger partial charge in [-0.2, -0.15) is 0 Å². The molecule has 0 radical (unpaired) electrons. The third-order valence-corrected chi connectivity index (χ3v) is 3.21. The lowest BCUT2D eigenvalue weighted by atomic mass is 10.4. The van der Waals surface area contributed by atoms with Gasteiger partial charge >= 0.3 is 0 Å². The zero-order chi connectivity index (χ0) is 15.3. The molecule has 0 aromatic carbocycles. The van der Waals surface area contributed by atoms with E-state index in [4.69, 9.17) is 0 Å². The van der Waals surface area contributed by atoms with E-state index in [1.807, 2.05) is 14.7 Å². The van der Waals surface area contributed by atoms with Crippen LogP contribution >= 0.6 is 0 Å². The lowest BCUT2D eigenvalue weighted by Crippen LogP contribution is -2.40. The highest BCUT2D eigenvalue weighted by molar-refractivity contribution is 5.45. The van der Waals surface area contributed by atoms with Crippen molar-refractivity contribution in [2.75, 3.05) is 52.4 Å². The minimum Gasteiger partial charge on any atom is -0.365 e. The Kier molecular flexibility index (Phi) is 8.38. The van der Waals surface area contributed by atoms with Crippen molar-refractivity contribution in [2.24, 2.45) is 0 Å². The molecule has 1 heterocycles. The standard InChI is InChI=1S/C14H20N4O3/c19-12-9-16-3-1-15-2-4-17(10-13-20)6-8-18(7-5-16)11-14-21/h9-11,15H,1-8H2. The maximum absolute atomic E-state index is 10.6.